The monoisotopic (exact) mass is 477 g/mol. The van der Waals surface area contributed by atoms with Crippen LogP contribution in [0.5, 0.6) is 5.75 Å². The van der Waals surface area contributed by atoms with Gasteiger partial charge in [-0.15, -0.1) is 11.3 Å². The van der Waals surface area contributed by atoms with Crippen molar-refractivity contribution in [3.8, 4) is 5.75 Å². The van der Waals surface area contributed by atoms with Gasteiger partial charge in [0.1, 0.15) is 5.75 Å². The number of phenolic OH excluding ortho intramolecular Hbond substituents is 1. The number of aromatic hydroxyl groups is 1. The van der Waals surface area contributed by atoms with E-state index < -0.39 is 0 Å². The summed E-state index contributed by atoms with van der Waals surface area (Å²) in [5.41, 5.74) is 4.80. The summed E-state index contributed by atoms with van der Waals surface area (Å²) in [6.07, 6.45) is 5.39. The number of thiophene rings is 1. The first kappa shape index (κ1) is 23.1. The van der Waals surface area contributed by atoms with Crippen LogP contribution >= 0.6 is 11.3 Å². The highest BCUT2D eigenvalue weighted by molar-refractivity contribution is 7.09. The molecule has 5 rings (SSSR count). The zero-order valence-electron chi connectivity index (χ0n) is 19.7. The topological polar surface area (TPSA) is 66.8 Å². The number of hydrogen-bond donors (Lipinski definition) is 1. The van der Waals surface area contributed by atoms with Crippen molar-refractivity contribution in [2.24, 2.45) is 17.8 Å². The molecule has 3 heterocycles. The van der Waals surface area contributed by atoms with Crippen LogP contribution in [0.1, 0.15) is 50.0 Å². The molecule has 2 amide bonds. The lowest BCUT2D eigenvalue weighted by molar-refractivity contribution is -0.140. The summed E-state index contributed by atoms with van der Waals surface area (Å²) >= 11 is 1.58. The van der Waals surface area contributed by atoms with Gasteiger partial charge >= 0.3 is 0 Å². The van der Waals surface area contributed by atoms with E-state index in [1.807, 2.05) is 29.6 Å². The summed E-state index contributed by atoms with van der Waals surface area (Å²) < 4.78 is 6.28. The molecule has 178 valence electrons. The minimum Gasteiger partial charge on any atom is -0.508 e. The highest BCUT2D eigenvalue weighted by Crippen LogP contribution is 2.50. The maximum absolute atomic E-state index is 13.4. The highest BCUT2D eigenvalue weighted by atomic mass is 32.1. The van der Waals surface area contributed by atoms with Crippen molar-refractivity contribution >= 4 is 29.2 Å². The van der Waals surface area contributed by atoms with Gasteiger partial charge < -0.3 is 9.84 Å². The maximum Gasteiger partial charge on any atom is 0.234 e. The molecule has 0 saturated carbocycles. The molecule has 1 aliphatic carbocycles. The van der Waals surface area contributed by atoms with E-state index in [1.165, 1.54) is 21.6 Å². The Kier molecular flexibility index (Phi) is 6.45. The van der Waals surface area contributed by atoms with Gasteiger partial charge in [-0.25, -0.2) is 0 Å². The second-order valence-electron chi connectivity index (χ2n) is 9.64. The van der Waals surface area contributed by atoms with Crippen LogP contribution in [0.3, 0.4) is 0 Å². The van der Waals surface area contributed by atoms with E-state index in [4.69, 9.17) is 4.74 Å². The zero-order chi connectivity index (χ0) is 23.8. The summed E-state index contributed by atoms with van der Waals surface area (Å²) in [4.78, 5) is 29.2. The molecule has 3 aliphatic rings. The second-order valence-corrected chi connectivity index (χ2v) is 10.7. The first-order valence-electron chi connectivity index (χ1n) is 12.1. The molecule has 5 nitrogen and oxygen atoms in total. The van der Waals surface area contributed by atoms with Gasteiger partial charge in [-0.3, -0.25) is 14.5 Å². The van der Waals surface area contributed by atoms with Crippen molar-refractivity contribution < 1.29 is 19.4 Å². The van der Waals surface area contributed by atoms with Crippen molar-refractivity contribution in [1.29, 1.82) is 0 Å². The van der Waals surface area contributed by atoms with E-state index in [-0.39, 0.29) is 41.4 Å². The van der Waals surface area contributed by atoms with Crippen LogP contribution in [-0.4, -0.2) is 34.5 Å². The summed E-state index contributed by atoms with van der Waals surface area (Å²) in [6.45, 7) is 5.15. The Labute approximate surface area is 204 Å². The number of carbonyl (C=O) groups is 2. The number of hydrogen-bond acceptors (Lipinski definition) is 5. The average Bonchev–Trinajstić information content (AvgIpc) is 3.53. The van der Waals surface area contributed by atoms with Crippen LogP contribution in [0.2, 0.25) is 0 Å². The van der Waals surface area contributed by atoms with Gasteiger partial charge in [0.2, 0.25) is 11.8 Å². The average molecular weight is 478 g/mol. The van der Waals surface area contributed by atoms with Gasteiger partial charge in [-0.1, -0.05) is 42.3 Å². The third-order valence-electron chi connectivity index (χ3n) is 7.50. The Morgan fingerprint density at radius 2 is 2.06 bits per heavy atom. The lowest BCUT2D eigenvalue weighted by Gasteiger charge is -2.31. The summed E-state index contributed by atoms with van der Waals surface area (Å²) in [6, 6.07) is 11.2. The number of fused-ring (bicyclic) bond motifs is 3. The van der Waals surface area contributed by atoms with Gasteiger partial charge in [-0.05, 0) is 67.3 Å². The van der Waals surface area contributed by atoms with Gasteiger partial charge in [-0.2, -0.15) is 0 Å². The molecular formula is C28H31NO4S. The van der Waals surface area contributed by atoms with Crippen molar-refractivity contribution in [2.45, 2.75) is 52.2 Å². The quantitative estimate of drug-likeness (QED) is 0.419. The van der Waals surface area contributed by atoms with Gasteiger partial charge in [0, 0.05) is 10.8 Å². The predicted molar refractivity (Wildman–Crippen MR) is 133 cm³/mol. The zero-order valence-corrected chi connectivity index (χ0v) is 20.5. The summed E-state index contributed by atoms with van der Waals surface area (Å²) in [5.74, 6) is -0.287. The smallest absolute Gasteiger partial charge is 0.234 e. The molecule has 1 aromatic carbocycles. The minimum absolute atomic E-state index is 0.00248. The molecule has 4 atom stereocenters. The number of nitrogens with zero attached hydrogens (tertiary/aromatic N) is 1. The molecule has 0 radical (unpaired) electrons. The largest absolute Gasteiger partial charge is 0.508 e. The van der Waals surface area contributed by atoms with Crippen molar-refractivity contribution in [2.75, 3.05) is 6.61 Å². The highest BCUT2D eigenvalue weighted by Gasteiger charge is 2.56. The molecule has 0 bridgehead atoms. The number of imide groups is 1. The SMILES string of the molecule is CCC1=C2[C@@H](CC/C(C)=C/c3cccc(O)c3)OC[C@@H]2[C@@H]2C(=O)N(Cc3cccs3)C(=O)[C@@H]2C1. The van der Waals surface area contributed by atoms with Crippen LogP contribution < -0.4 is 0 Å². The molecule has 2 aromatic rings. The van der Waals surface area contributed by atoms with Crippen LogP contribution in [-0.2, 0) is 20.9 Å². The first-order valence-corrected chi connectivity index (χ1v) is 13.0. The number of carbonyl (C=O) groups excluding carboxylic acids is 2. The fourth-order valence-corrected chi connectivity index (χ4v) is 6.61. The molecule has 34 heavy (non-hydrogen) atoms. The third kappa shape index (κ3) is 4.25. The first-order chi connectivity index (χ1) is 16.5. The van der Waals surface area contributed by atoms with E-state index in [2.05, 4.69) is 19.9 Å². The number of benzene rings is 1. The molecule has 1 aromatic heterocycles. The van der Waals surface area contributed by atoms with Crippen LogP contribution in [0.25, 0.3) is 6.08 Å². The number of amides is 2. The number of rotatable bonds is 7. The molecule has 2 fully saturated rings. The Morgan fingerprint density at radius 1 is 1.21 bits per heavy atom. The van der Waals surface area contributed by atoms with Crippen LogP contribution in [0.4, 0.5) is 0 Å². The van der Waals surface area contributed by atoms with Crippen molar-refractivity contribution in [3.05, 3.63) is 68.9 Å². The van der Waals surface area contributed by atoms with Gasteiger partial charge in [0.05, 0.1) is 31.1 Å². The fraction of sp³-hybridized carbons (Fsp3) is 0.429. The molecule has 0 spiro atoms. The van der Waals surface area contributed by atoms with Gasteiger partial charge in [0.15, 0.2) is 0 Å². The Hall–Kier alpha value is -2.70. The molecule has 0 unspecified atom stereocenters. The van der Waals surface area contributed by atoms with E-state index in [0.29, 0.717) is 19.6 Å². The van der Waals surface area contributed by atoms with Crippen LogP contribution in [0, 0.1) is 17.8 Å². The summed E-state index contributed by atoms with van der Waals surface area (Å²) in [7, 11) is 0. The normalized spacial score (nSPS) is 26.9. The number of phenols is 1. The Balaban J connectivity index is 1.32. The number of allylic oxidation sites excluding steroid dienone is 2. The van der Waals surface area contributed by atoms with E-state index in [9.17, 15) is 14.7 Å². The lowest BCUT2D eigenvalue weighted by Crippen LogP contribution is -2.34. The molecular weight excluding hydrogens is 446 g/mol. The van der Waals surface area contributed by atoms with Crippen LogP contribution in [0.15, 0.2) is 58.5 Å². The third-order valence-corrected chi connectivity index (χ3v) is 8.37. The summed E-state index contributed by atoms with van der Waals surface area (Å²) in [5, 5.41) is 11.7. The number of ether oxygens (including phenoxy) is 1. The standard InChI is InChI=1S/C28H31NO4S/c1-3-19-14-22-26(28(32)29(27(22)31)15-21-8-5-11-34-21)23-16-33-24(25(19)23)10-9-17(2)12-18-6-4-7-20(30)13-18/h4-8,11-13,22-24,26,30H,3,9-10,14-16H2,1-2H3/b17-12+/t22-,23+,24-,26-/m1/s1. The Bertz CT molecular complexity index is 1150. The Morgan fingerprint density at radius 3 is 2.79 bits per heavy atom. The minimum atomic E-state index is -0.285. The van der Waals surface area contributed by atoms with E-state index >= 15 is 0 Å². The second kappa shape index (κ2) is 9.51. The molecule has 2 saturated heterocycles. The van der Waals surface area contributed by atoms with E-state index in [0.717, 1.165) is 29.7 Å². The number of likely N-dealkylation sites (tertiary alicyclic amines) is 1. The lowest BCUT2D eigenvalue weighted by atomic mass is 9.69. The van der Waals surface area contributed by atoms with E-state index in [1.54, 1.807) is 23.5 Å². The molecule has 6 heteroatoms. The molecule has 1 N–H and O–H groups in total. The van der Waals surface area contributed by atoms with Crippen molar-refractivity contribution in [1.82, 2.24) is 4.90 Å². The van der Waals surface area contributed by atoms with Gasteiger partial charge in [0.25, 0.3) is 0 Å². The molecule has 2 aliphatic heterocycles. The predicted octanol–water partition coefficient (Wildman–Crippen LogP) is 5.56. The van der Waals surface area contributed by atoms with Crippen molar-refractivity contribution in [3.63, 3.8) is 0 Å². The fourth-order valence-electron chi connectivity index (χ4n) is 5.92. The maximum atomic E-state index is 13.4.